The maximum absolute atomic E-state index is 6.19. The zero-order valence-corrected chi connectivity index (χ0v) is 18.0. The Balaban J connectivity index is 1.76. The molecule has 0 radical (unpaired) electrons. The minimum Gasteiger partial charge on any atom is -0.323 e. The van der Waals surface area contributed by atoms with Crippen molar-refractivity contribution in [1.82, 2.24) is 14.5 Å². The standard InChI is InChI=1S/C22H30ClN3S/c1-3-5-12-25(13-6-4-2)14-8-15-26-20-11-10-18(23)17-19(20)24-22(26)21-9-7-16-27-21/h7,9-11,16-17H,3-6,8,12-15H2,1-2H3. The molecule has 0 bridgehead atoms. The van der Waals surface area contributed by atoms with Gasteiger partial charge in [-0.05, 0) is 68.5 Å². The molecular formula is C22H30ClN3S. The monoisotopic (exact) mass is 403 g/mol. The highest BCUT2D eigenvalue weighted by atomic mass is 35.5. The number of nitrogens with zero attached hydrogens (tertiary/aromatic N) is 3. The van der Waals surface area contributed by atoms with Crippen LogP contribution in [0.1, 0.15) is 46.0 Å². The Hall–Kier alpha value is -1.36. The first kappa shape index (κ1) is 20.4. The summed E-state index contributed by atoms with van der Waals surface area (Å²) in [5.74, 6) is 1.07. The number of imidazole rings is 1. The van der Waals surface area contributed by atoms with E-state index >= 15 is 0 Å². The second-order valence-corrected chi connectivity index (χ2v) is 8.48. The summed E-state index contributed by atoms with van der Waals surface area (Å²) in [7, 11) is 0. The van der Waals surface area contributed by atoms with Crippen LogP contribution in [0.4, 0.5) is 0 Å². The number of unbranched alkanes of at least 4 members (excludes halogenated alkanes) is 2. The van der Waals surface area contributed by atoms with Crippen LogP contribution < -0.4 is 0 Å². The maximum atomic E-state index is 6.19. The summed E-state index contributed by atoms with van der Waals surface area (Å²) in [6.07, 6.45) is 6.24. The lowest BCUT2D eigenvalue weighted by atomic mass is 10.2. The van der Waals surface area contributed by atoms with E-state index in [9.17, 15) is 0 Å². The van der Waals surface area contributed by atoms with Crippen molar-refractivity contribution < 1.29 is 0 Å². The van der Waals surface area contributed by atoms with Crippen LogP contribution in [0.25, 0.3) is 21.7 Å². The molecule has 0 saturated heterocycles. The van der Waals surface area contributed by atoms with Crippen LogP contribution in [-0.4, -0.2) is 34.1 Å². The topological polar surface area (TPSA) is 21.1 Å². The molecule has 0 atom stereocenters. The van der Waals surface area contributed by atoms with Crippen molar-refractivity contribution in [3.8, 4) is 10.7 Å². The lowest BCUT2D eigenvalue weighted by molar-refractivity contribution is 0.258. The summed E-state index contributed by atoms with van der Waals surface area (Å²) in [6, 6.07) is 10.3. The number of rotatable bonds is 11. The smallest absolute Gasteiger partial charge is 0.151 e. The number of fused-ring (bicyclic) bond motifs is 1. The average Bonchev–Trinajstić information content (AvgIpc) is 3.31. The average molecular weight is 404 g/mol. The van der Waals surface area contributed by atoms with Gasteiger partial charge in [-0.3, -0.25) is 0 Å². The number of hydrogen-bond donors (Lipinski definition) is 0. The Morgan fingerprint density at radius 2 is 1.78 bits per heavy atom. The molecule has 0 unspecified atom stereocenters. The fraction of sp³-hybridized carbons (Fsp3) is 0.500. The maximum Gasteiger partial charge on any atom is 0.151 e. The van der Waals surface area contributed by atoms with E-state index in [4.69, 9.17) is 16.6 Å². The van der Waals surface area contributed by atoms with Crippen molar-refractivity contribution in [3.05, 3.63) is 40.7 Å². The summed E-state index contributed by atoms with van der Waals surface area (Å²) in [6.45, 7) is 9.11. The first-order chi connectivity index (χ1) is 13.2. The molecule has 0 amide bonds. The molecule has 0 aliphatic rings. The SMILES string of the molecule is CCCCN(CCCC)CCCn1c(-c2cccs2)nc2cc(Cl)ccc21. The van der Waals surface area contributed by atoms with Crippen molar-refractivity contribution in [3.63, 3.8) is 0 Å². The Morgan fingerprint density at radius 3 is 2.44 bits per heavy atom. The number of aromatic nitrogens is 2. The molecule has 0 fully saturated rings. The molecule has 0 spiro atoms. The molecule has 0 N–H and O–H groups in total. The number of halogens is 1. The minimum absolute atomic E-state index is 0.746. The van der Waals surface area contributed by atoms with Gasteiger partial charge in [0.15, 0.2) is 5.82 Å². The van der Waals surface area contributed by atoms with Crippen molar-refractivity contribution in [2.45, 2.75) is 52.5 Å². The van der Waals surface area contributed by atoms with Crippen molar-refractivity contribution >= 4 is 34.0 Å². The first-order valence-corrected chi connectivity index (χ1v) is 11.4. The predicted molar refractivity (Wildman–Crippen MR) is 119 cm³/mol. The van der Waals surface area contributed by atoms with E-state index < -0.39 is 0 Å². The lowest BCUT2D eigenvalue weighted by Gasteiger charge is -2.22. The highest BCUT2D eigenvalue weighted by molar-refractivity contribution is 7.13. The highest BCUT2D eigenvalue weighted by Gasteiger charge is 2.14. The van der Waals surface area contributed by atoms with Gasteiger partial charge >= 0.3 is 0 Å². The van der Waals surface area contributed by atoms with Crippen molar-refractivity contribution in [1.29, 1.82) is 0 Å². The van der Waals surface area contributed by atoms with Gasteiger partial charge in [0.2, 0.25) is 0 Å². The Kier molecular flexibility index (Phi) is 7.74. The van der Waals surface area contributed by atoms with Crippen LogP contribution in [-0.2, 0) is 6.54 Å². The minimum atomic E-state index is 0.746. The van der Waals surface area contributed by atoms with Gasteiger partial charge in [-0.2, -0.15) is 0 Å². The van der Waals surface area contributed by atoms with Gasteiger partial charge in [0.05, 0.1) is 15.9 Å². The zero-order chi connectivity index (χ0) is 19.1. The van der Waals surface area contributed by atoms with Crippen LogP contribution in [0.2, 0.25) is 5.02 Å². The fourth-order valence-corrected chi connectivity index (χ4v) is 4.36. The molecule has 1 aromatic carbocycles. The van der Waals surface area contributed by atoms with E-state index in [-0.39, 0.29) is 0 Å². The Morgan fingerprint density at radius 1 is 1.04 bits per heavy atom. The van der Waals surface area contributed by atoms with Crippen LogP contribution in [0.5, 0.6) is 0 Å². The van der Waals surface area contributed by atoms with Gasteiger partial charge in [0.25, 0.3) is 0 Å². The summed E-state index contributed by atoms with van der Waals surface area (Å²) in [5.41, 5.74) is 2.16. The third kappa shape index (κ3) is 5.34. The van der Waals surface area contributed by atoms with E-state index in [1.54, 1.807) is 11.3 Å². The number of benzene rings is 1. The molecule has 2 heterocycles. The van der Waals surface area contributed by atoms with Crippen LogP contribution in [0.15, 0.2) is 35.7 Å². The van der Waals surface area contributed by atoms with Gasteiger partial charge in [-0.15, -0.1) is 11.3 Å². The molecule has 5 heteroatoms. The molecule has 3 rings (SSSR count). The van der Waals surface area contributed by atoms with E-state index in [0.717, 1.165) is 35.9 Å². The molecule has 27 heavy (non-hydrogen) atoms. The summed E-state index contributed by atoms with van der Waals surface area (Å²) < 4.78 is 2.37. The number of aryl methyl sites for hydroxylation is 1. The summed E-state index contributed by atoms with van der Waals surface area (Å²) in [4.78, 5) is 8.74. The van der Waals surface area contributed by atoms with E-state index in [0.29, 0.717) is 0 Å². The van der Waals surface area contributed by atoms with E-state index in [1.165, 1.54) is 49.2 Å². The summed E-state index contributed by atoms with van der Waals surface area (Å²) in [5, 5.41) is 2.86. The Labute approximate surface area is 172 Å². The third-order valence-corrected chi connectivity index (χ3v) is 6.06. The molecule has 0 aliphatic carbocycles. The quantitative estimate of drug-likeness (QED) is 0.354. The van der Waals surface area contributed by atoms with E-state index in [1.807, 2.05) is 12.1 Å². The van der Waals surface area contributed by atoms with E-state index in [2.05, 4.69) is 46.9 Å². The van der Waals surface area contributed by atoms with Gasteiger partial charge in [0, 0.05) is 11.6 Å². The Bertz CT molecular complexity index is 818. The predicted octanol–water partition coefficient (Wildman–Crippen LogP) is 6.71. The van der Waals surface area contributed by atoms with Crippen LogP contribution in [0, 0.1) is 0 Å². The normalized spacial score (nSPS) is 11.7. The first-order valence-electron chi connectivity index (χ1n) is 10.1. The molecule has 3 nitrogen and oxygen atoms in total. The molecule has 3 aromatic rings. The van der Waals surface area contributed by atoms with Crippen molar-refractivity contribution in [2.75, 3.05) is 19.6 Å². The van der Waals surface area contributed by atoms with Crippen LogP contribution >= 0.6 is 22.9 Å². The highest BCUT2D eigenvalue weighted by Crippen LogP contribution is 2.29. The molecule has 0 aliphatic heterocycles. The van der Waals surface area contributed by atoms with Gasteiger partial charge in [0.1, 0.15) is 0 Å². The number of hydrogen-bond acceptors (Lipinski definition) is 3. The molecule has 2 aromatic heterocycles. The van der Waals surface area contributed by atoms with Gasteiger partial charge < -0.3 is 9.47 Å². The zero-order valence-electron chi connectivity index (χ0n) is 16.5. The molecule has 146 valence electrons. The molecule has 0 saturated carbocycles. The lowest BCUT2D eigenvalue weighted by Crippen LogP contribution is -2.28. The largest absolute Gasteiger partial charge is 0.323 e. The van der Waals surface area contributed by atoms with Crippen LogP contribution in [0.3, 0.4) is 0 Å². The van der Waals surface area contributed by atoms with Gasteiger partial charge in [-0.25, -0.2) is 4.98 Å². The number of thiophene rings is 1. The second-order valence-electron chi connectivity index (χ2n) is 7.10. The second kappa shape index (κ2) is 10.3. The summed E-state index contributed by atoms with van der Waals surface area (Å²) >= 11 is 7.94. The molecular weight excluding hydrogens is 374 g/mol. The third-order valence-electron chi connectivity index (χ3n) is 4.96. The van der Waals surface area contributed by atoms with Crippen molar-refractivity contribution in [2.24, 2.45) is 0 Å². The van der Waals surface area contributed by atoms with Gasteiger partial charge in [-0.1, -0.05) is 44.4 Å². The fourth-order valence-electron chi connectivity index (χ4n) is 3.47.